The molecule has 4 aliphatic rings. The first-order chi connectivity index (χ1) is 19.4. The van der Waals surface area contributed by atoms with E-state index >= 15 is 0 Å². The second-order valence-electron chi connectivity index (χ2n) is 11.2. The van der Waals surface area contributed by atoms with Crippen LogP contribution in [0.3, 0.4) is 0 Å². The number of morpholine rings is 1. The number of piperazine rings is 1. The van der Waals surface area contributed by atoms with Crippen LogP contribution in [0.1, 0.15) is 12.0 Å². The van der Waals surface area contributed by atoms with Crippen LogP contribution in [0.2, 0.25) is 0 Å². The first kappa shape index (κ1) is 25.7. The zero-order chi connectivity index (χ0) is 27.5. The van der Waals surface area contributed by atoms with E-state index < -0.39 is 0 Å². The molecule has 208 valence electrons. The topological polar surface area (TPSA) is 70.9 Å². The van der Waals surface area contributed by atoms with Crippen molar-refractivity contribution in [3.8, 4) is 11.1 Å². The summed E-state index contributed by atoms with van der Waals surface area (Å²) in [7, 11) is 0. The van der Waals surface area contributed by atoms with Crippen LogP contribution < -0.4 is 10.6 Å². The number of hydrogen-bond donors (Lipinski definition) is 0. The molecule has 3 fully saturated rings. The predicted octanol–water partition coefficient (Wildman–Crippen LogP) is 3.29. The van der Waals surface area contributed by atoms with Gasteiger partial charge in [-0.25, -0.2) is 9.18 Å². The molecule has 0 N–H and O–H groups in total. The molecular weight excluding hydrogens is 529 g/mol. The molecule has 2 bridgehead atoms. The molecule has 0 spiro atoms. The third-order valence-electron chi connectivity index (χ3n) is 8.82. The lowest BCUT2D eigenvalue weighted by molar-refractivity contribution is -0.126. The maximum Gasteiger partial charge on any atom is 0.350 e. The normalized spacial score (nSPS) is 24.5. The predicted molar refractivity (Wildman–Crippen MR) is 154 cm³/mol. The highest BCUT2D eigenvalue weighted by atomic mass is 32.2. The van der Waals surface area contributed by atoms with Crippen LogP contribution in [0.15, 0.2) is 52.7 Å². The van der Waals surface area contributed by atoms with Crippen molar-refractivity contribution in [3.05, 3.63) is 64.9 Å². The van der Waals surface area contributed by atoms with Gasteiger partial charge < -0.3 is 14.5 Å². The first-order valence-electron chi connectivity index (χ1n) is 13.9. The lowest BCUT2D eigenvalue weighted by atomic mass is 9.97. The quantitative estimate of drug-likeness (QED) is 0.453. The Morgan fingerprint density at radius 1 is 1.15 bits per heavy atom. The number of carbonyl (C=O) groups is 1. The van der Waals surface area contributed by atoms with Crippen LogP contribution in [-0.4, -0.2) is 88.5 Å². The van der Waals surface area contributed by atoms with Crippen molar-refractivity contribution in [2.45, 2.75) is 43.0 Å². The number of aryl methyl sites for hydroxylation is 1. The van der Waals surface area contributed by atoms with E-state index in [4.69, 9.17) is 4.74 Å². The molecule has 1 unspecified atom stereocenters. The molecule has 7 rings (SSSR count). The molecule has 0 saturated carbocycles. The Kier molecular flexibility index (Phi) is 6.44. The average molecular weight is 562 g/mol. The average Bonchev–Trinajstić information content (AvgIpc) is 3.55. The third kappa shape index (κ3) is 4.24. The van der Waals surface area contributed by atoms with E-state index in [9.17, 15) is 14.0 Å². The van der Waals surface area contributed by atoms with Gasteiger partial charge in [-0.1, -0.05) is 18.7 Å². The van der Waals surface area contributed by atoms with E-state index in [0.717, 1.165) is 57.8 Å². The molecule has 1 amide bonds. The Balaban J connectivity index is 1.37. The van der Waals surface area contributed by atoms with Crippen molar-refractivity contribution in [1.29, 1.82) is 0 Å². The summed E-state index contributed by atoms with van der Waals surface area (Å²) in [5, 5.41) is 0.945. The van der Waals surface area contributed by atoms with Gasteiger partial charge in [0, 0.05) is 73.0 Å². The molecule has 40 heavy (non-hydrogen) atoms. The number of carbonyl (C=O) groups excluding carboxylic acids is 1. The number of likely N-dealkylation sites (tertiary alicyclic amines) is 1. The van der Waals surface area contributed by atoms with Crippen LogP contribution in [-0.2, 0) is 16.1 Å². The zero-order valence-corrected chi connectivity index (χ0v) is 23.3. The second-order valence-corrected chi connectivity index (χ2v) is 12.2. The van der Waals surface area contributed by atoms with Crippen molar-refractivity contribution in [1.82, 2.24) is 19.4 Å². The Hall–Kier alpha value is -3.21. The molecule has 1 aromatic heterocycles. The fraction of sp³-hybridized carbons (Fsp3) is 0.433. The number of fused-ring (bicyclic) bond motifs is 2. The standard InChI is InChI=1S/C30H32FN5O3S/c1-3-25(37)33-8-10-34(11-9-33)29-24-12-18(2)26(19-4-6-20(31)7-5-19)28-27(24)36(30(38)32-29)14-22(17-40-28)35-15-23-13-21(35)16-39-23/h3-7,12,21-23H,1,8-11,13-17H2,2H3/t21-,22?,23-/m0/s1. The number of anilines is 1. The van der Waals surface area contributed by atoms with E-state index in [0.29, 0.717) is 44.6 Å². The number of nitrogens with zero attached hydrogens (tertiary/aromatic N) is 5. The fourth-order valence-electron chi connectivity index (χ4n) is 6.84. The SMILES string of the molecule is C=CC(=O)N1CCN(c2nc(=O)n3c4c(c(-c5ccc(F)cc5)c(C)cc24)SCC(N2C[C@@H]4C[C@H]2CO4)C3)CC1. The number of hydrogen-bond acceptors (Lipinski definition) is 7. The van der Waals surface area contributed by atoms with Crippen molar-refractivity contribution >= 4 is 34.4 Å². The highest BCUT2D eigenvalue weighted by Crippen LogP contribution is 2.44. The Bertz CT molecular complexity index is 1570. The van der Waals surface area contributed by atoms with Gasteiger partial charge in [0.15, 0.2) is 0 Å². The van der Waals surface area contributed by atoms with Gasteiger partial charge in [0.05, 0.1) is 18.2 Å². The van der Waals surface area contributed by atoms with Gasteiger partial charge in [-0.2, -0.15) is 4.98 Å². The van der Waals surface area contributed by atoms with E-state index in [1.807, 2.05) is 16.7 Å². The molecular formula is C30H32FN5O3S. The monoisotopic (exact) mass is 561 g/mol. The molecule has 4 aliphatic heterocycles. The second kappa shape index (κ2) is 10.0. The van der Waals surface area contributed by atoms with Gasteiger partial charge in [0.1, 0.15) is 11.6 Å². The molecule has 10 heteroatoms. The summed E-state index contributed by atoms with van der Waals surface area (Å²) in [6.45, 7) is 10.2. The summed E-state index contributed by atoms with van der Waals surface area (Å²) in [6.07, 6.45) is 2.68. The number of ether oxygens (including phenoxy) is 1. The largest absolute Gasteiger partial charge is 0.375 e. The van der Waals surface area contributed by atoms with E-state index in [2.05, 4.69) is 34.4 Å². The summed E-state index contributed by atoms with van der Waals surface area (Å²) in [5.41, 5.74) is 3.68. The number of thioether (sulfide) groups is 1. The van der Waals surface area contributed by atoms with Crippen LogP contribution >= 0.6 is 11.8 Å². The molecule has 3 atom stereocenters. The molecule has 3 saturated heterocycles. The van der Waals surface area contributed by atoms with E-state index in [-0.39, 0.29) is 29.6 Å². The molecule has 0 aliphatic carbocycles. The Morgan fingerprint density at radius 2 is 1.93 bits per heavy atom. The van der Waals surface area contributed by atoms with Gasteiger partial charge in [-0.3, -0.25) is 14.3 Å². The van der Waals surface area contributed by atoms with Gasteiger partial charge in [-0.05, 0) is 48.7 Å². The number of aromatic nitrogens is 2. The summed E-state index contributed by atoms with van der Waals surface area (Å²) in [6, 6.07) is 9.32. The summed E-state index contributed by atoms with van der Waals surface area (Å²) >= 11 is 1.79. The van der Waals surface area contributed by atoms with Crippen molar-refractivity contribution < 1.29 is 13.9 Å². The van der Waals surface area contributed by atoms with Crippen molar-refractivity contribution in [3.63, 3.8) is 0 Å². The minimum Gasteiger partial charge on any atom is -0.375 e. The number of rotatable bonds is 4. The summed E-state index contributed by atoms with van der Waals surface area (Å²) in [4.78, 5) is 38.1. The van der Waals surface area contributed by atoms with Crippen LogP contribution in [0.4, 0.5) is 10.2 Å². The first-order valence-corrected chi connectivity index (χ1v) is 14.9. The van der Waals surface area contributed by atoms with Crippen LogP contribution in [0, 0.1) is 12.7 Å². The third-order valence-corrected chi connectivity index (χ3v) is 10.1. The maximum atomic E-state index is 13.9. The summed E-state index contributed by atoms with van der Waals surface area (Å²) in [5.74, 6) is 1.16. The smallest absolute Gasteiger partial charge is 0.350 e. The van der Waals surface area contributed by atoms with E-state index in [1.165, 1.54) is 18.2 Å². The van der Waals surface area contributed by atoms with Gasteiger partial charge >= 0.3 is 5.69 Å². The van der Waals surface area contributed by atoms with Crippen LogP contribution in [0.25, 0.3) is 22.0 Å². The highest BCUT2D eigenvalue weighted by molar-refractivity contribution is 7.99. The minimum atomic E-state index is -0.274. The van der Waals surface area contributed by atoms with Crippen LogP contribution in [0.5, 0.6) is 0 Å². The van der Waals surface area contributed by atoms with E-state index in [1.54, 1.807) is 16.7 Å². The highest BCUT2D eigenvalue weighted by Gasteiger charge is 2.43. The molecule has 8 nitrogen and oxygen atoms in total. The molecule has 2 aromatic carbocycles. The summed E-state index contributed by atoms with van der Waals surface area (Å²) < 4.78 is 21.6. The Morgan fingerprint density at radius 3 is 2.60 bits per heavy atom. The van der Waals surface area contributed by atoms with Crippen molar-refractivity contribution in [2.75, 3.05) is 50.0 Å². The molecule has 0 radical (unpaired) electrons. The maximum absolute atomic E-state index is 13.9. The lowest BCUT2D eigenvalue weighted by Gasteiger charge is -2.36. The van der Waals surface area contributed by atoms with Crippen molar-refractivity contribution in [2.24, 2.45) is 0 Å². The number of amides is 1. The Labute approximate surface area is 236 Å². The minimum absolute atomic E-state index is 0.0793. The zero-order valence-electron chi connectivity index (χ0n) is 22.5. The molecule has 3 aromatic rings. The van der Waals surface area contributed by atoms with Gasteiger partial charge in [0.25, 0.3) is 0 Å². The lowest BCUT2D eigenvalue weighted by Crippen LogP contribution is -2.49. The number of benzene rings is 2. The molecule has 5 heterocycles. The van der Waals surface area contributed by atoms with Gasteiger partial charge in [-0.15, -0.1) is 11.8 Å². The van der Waals surface area contributed by atoms with Gasteiger partial charge in [0.2, 0.25) is 5.91 Å². The fourth-order valence-corrected chi connectivity index (χ4v) is 8.27. The number of halogens is 1.